The number of rotatable bonds is 7. The minimum Gasteiger partial charge on any atom is -0.478 e. The molecular formula is C27H34O4. The van der Waals surface area contributed by atoms with Crippen molar-refractivity contribution in [2.45, 2.75) is 64.1 Å². The molecule has 1 aliphatic carbocycles. The van der Waals surface area contributed by atoms with E-state index in [0.29, 0.717) is 6.42 Å². The zero-order valence-electron chi connectivity index (χ0n) is 19.5. The Morgan fingerprint density at radius 3 is 2.03 bits per heavy atom. The Kier molecular flexibility index (Phi) is 6.73. The van der Waals surface area contributed by atoms with Gasteiger partial charge in [-0.1, -0.05) is 64.1 Å². The molecule has 0 unspecified atom stereocenters. The highest BCUT2D eigenvalue weighted by molar-refractivity contribution is 5.89. The van der Waals surface area contributed by atoms with Gasteiger partial charge < -0.3 is 14.6 Å². The lowest BCUT2D eigenvalue weighted by atomic mass is 9.63. The molecule has 1 N–H and O–H groups in total. The summed E-state index contributed by atoms with van der Waals surface area (Å²) in [6, 6.07) is 13.7. The number of fused-ring (bicyclic) bond motifs is 1. The number of methoxy groups -OCH3 is 2. The van der Waals surface area contributed by atoms with Gasteiger partial charge in [-0.2, -0.15) is 0 Å². The van der Waals surface area contributed by atoms with Gasteiger partial charge in [-0.25, -0.2) is 4.79 Å². The second-order valence-corrected chi connectivity index (χ2v) is 9.73. The fraction of sp³-hybridized carbons (Fsp3) is 0.444. The maximum atomic E-state index is 11.2. The van der Waals surface area contributed by atoms with Crippen molar-refractivity contribution in [2.75, 3.05) is 14.2 Å². The van der Waals surface area contributed by atoms with Crippen LogP contribution < -0.4 is 0 Å². The second-order valence-electron chi connectivity index (χ2n) is 9.73. The number of aromatic carboxylic acids is 1. The fourth-order valence-electron chi connectivity index (χ4n) is 4.43. The summed E-state index contributed by atoms with van der Waals surface area (Å²) in [6.45, 7) is 9.31. The summed E-state index contributed by atoms with van der Waals surface area (Å²) in [5.74, 6) is -0.928. The molecule has 0 spiro atoms. The van der Waals surface area contributed by atoms with Gasteiger partial charge in [0.1, 0.15) is 0 Å². The van der Waals surface area contributed by atoms with Crippen LogP contribution in [0.1, 0.15) is 79.6 Å². The molecule has 0 radical (unpaired) electrons. The van der Waals surface area contributed by atoms with Gasteiger partial charge >= 0.3 is 5.97 Å². The van der Waals surface area contributed by atoms with Crippen LogP contribution in [0.15, 0.2) is 42.5 Å². The summed E-state index contributed by atoms with van der Waals surface area (Å²) >= 11 is 0. The van der Waals surface area contributed by atoms with E-state index < -0.39 is 5.97 Å². The summed E-state index contributed by atoms with van der Waals surface area (Å²) in [5, 5.41) is 9.22. The van der Waals surface area contributed by atoms with Crippen LogP contribution in [-0.2, 0) is 20.3 Å². The molecule has 31 heavy (non-hydrogen) atoms. The number of ether oxygens (including phenoxy) is 2. The molecule has 0 aromatic heterocycles. The van der Waals surface area contributed by atoms with Crippen molar-refractivity contribution in [3.63, 3.8) is 0 Å². The van der Waals surface area contributed by atoms with Crippen molar-refractivity contribution in [1.82, 2.24) is 0 Å². The van der Waals surface area contributed by atoms with E-state index in [1.165, 1.54) is 24.0 Å². The topological polar surface area (TPSA) is 55.8 Å². The molecule has 0 fully saturated rings. The Bertz CT molecular complexity index is 963. The van der Waals surface area contributed by atoms with Crippen LogP contribution in [0.2, 0.25) is 0 Å². The number of carboxylic acids is 1. The zero-order valence-corrected chi connectivity index (χ0v) is 19.5. The lowest BCUT2D eigenvalue weighted by Crippen LogP contribution is -2.33. The molecular weight excluding hydrogens is 388 g/mol. The SMILES string of the molecule is COC(C/C(=C/c1ccc2c(c1)C(C)(C)CCC2(C)C)c1ccc(C(=O)O)cc1)OC. The van der Waals surface area contributed by atoms with E-state index in [4.69, 9.17) is 9.47 Å². The van der Waals surface area contributed by atoms with Crippen molar-refractivity contribution >= 4 is 17.6 Å². The van der Waals surface area contributed by atoms with Crippen LogP contribution in [0.25, 0.3) is 11.6 Å². The van der Waals surface area contributed by atoms with E-state index in [9.17, 15) is 9.90 Å². The van der Waals surface area contributed by atoms with E-state index >= 15 is 0 Å². The van der Waals surface area contributed by atoms with Crippen molar-refractivity contribution < 1.29 is 19.4 Å². The van der Waals surface area contributed by atoms with Crippen LogP contribution in [0.4, 0.5) is 0 Å². The second kappa shape index (κ2) is 8.97. The number of carboxylic acid groups (broad SMARTS) is 1. The van der Waals surface area contributed by atoms with E-state index in [1.54, 1.807) is 26.4 Å². The van der Waals surface area contributed by atoms with Crippen LogP contribution >= 0.6 is 0 Å². The molecule has 1 aliphatic rings. The third kappa shape index (κ3) is 5.08. The number of hydrogen-bond donors (Lipinski definition) is 1. The highest BCUT2D eigenvalue weighted by Crippen LogP contribution is 2.46. The summed E-state index contributed by atoms with van der Waals surface area (Å²) < 4.78 is 10.9. The zero-order chi connectivity index (χ0) is 22.8. The Morgan fingerprint density at radius 1 is 0.935 bits per heavy atom. The van der Waals surface area contributed by atoms with Crippen LogP contribution in [0, 0.1) is 0 Å². The predicted molar refractivity (Wildman–Crippen MR) is 125 cm³/mol. The third-order valence-electron chi connectivity index (χ3n) is 6.63. The number of benzene rings is 2. The fourth-order valence-corrected chi connectivity index (χ4v) is 4.43. The lowest BCUT2D eigenvalue weighted by Gasteiger charge is -2.42. The highest BCUT2D eigenvalue weighted by Gasteiger charge is 2.36. The highest BCUT2D eigenvalue weighted by atomic mass is 16.7. The Labute approximate surface area is 185 Å². The molecule has 0 saturated carbocycles. The quantitative estimate of drug-likeness (QED) is 0.421. The maximum absolute atomic E-state index is 11.2. The summed E-state index contributed by atoms with van der Waals surface area (Å²) in [7, 11) is 3.26. The monoisotopic (exact) mass is 422 g/mol. The first-order valence-corrected chi connectivity index (χ1v) is 10.8. The first-order valence-electron chi connectivity index (χ1n) is 10.8. The average Bonchev–Trinajstić information content (AvgIpc) is 2.74. The minimum absolute atomic E-state index is 0.138. The van der Waals surface area contributed by atoms with Crippen molar-refractivity contribution in [1.29, 1.82) is 0 Å². The first kappa shape index (κ1) is 23.2. The lowest BCUT2D eigenvalue weighted by molar-refractivity contribution is -0.0970. The van der Waals surface area contributed by atoms with Gasteiger partial charge in [-0.05, 0) is 63.6 Å². The smallest absolute Gasteiger partial charge is 0.335 e. The first-order chi connectivity index (χ1) is 14.6. The molecule has 4 nitrogen and oxygen atoms in total. The molecule has 3 rings (SSSR count). The van der Waals surface area contributed by atoms with Crippen LogP contribution in [0.3, 0.4) is 0 Å². The van der Waals surface area contributed by atoms with E-state index in [2.05, 4.69) is 52.0 Å². The van der Waals surface area contributed by atoms with Gasteiger partial charge in [0.05, 0.1) is 5.56 Å². The summed E-state index contributed by atoms with van der Waals surface area (Å²) in [6.07, 6.45) is 4.70. The van der Waals surface area contributed by atoms with Gasteiger partial charge in [-0.15, -0.1) is 0 Å². The molecule has 0 saturated heterocycles. The predicted octanol–water partition coefficient (Wildman–Crippen LogP) is 6.28. The van der Waals surface area contributed by atoms with Crippen LogP contribution in [0.5, 0.6) is 0 Å². The Morgan fingerprint density at radius 2 is 1.48 bits per heavy atom. The van der Waals surface area contributed by atoms with Gasteiger partial charge in [0.15, 0.2) is 6.29 Å². The van der Waals surface area contributed by atoms with Crippen molar-refractivity contribution in [2.24, 2.45) is 0 Å². The number of carbonyl (C=O) groups is 1. The van der Waals surface area contributed by atoms with Gasteiger partial charge in [0.2, 0.25) is 0 Å². The summed E-state index contributed by atoms with van der Waals surface area (Å²) in [5.41, 5.74) is 6.57. The third-order valence-corrected chi connectivity index (χ3v) is 6.63. The van der Waals surface area contributed by atoms with Gasteiger partial charge in [0.25, 0.3) is 0 Å². The van der Waals surface area contributed by atoms with E-state index in [-0.39, 0.29) is 22.7 Å². The molecule has 0 amide bonds. The molecule has 2 aromatic carbocycles. The van der Waals surface area contributed by atoms with Crippen LogP contribution in [-0.4, -0.2) is 31.6 Å². The minimum atomic E-state index is -0.928. The molecule has 166 valence electrons. The van der Waals surface area contributed by atoms with Crippen molar-refractivity contribution in [3.05, 3.63) is 70.3 Å². The summed E-state index contributed by atoms with van der Waals surface area (Å²) in [4.78, 5) is 11.2. The molecule has 2 aromatic rings. The molecule has 0 heterocycles. The van der Waals surface area contributed by atoms with Crippen molar-refractivity contribution in [3.8, 4) is 0 Å². The maximum Gasteiger partial charge on any atom is 0.335 e. The standard InChI is InChI=1S/C27H34O4/c1-26(2)13-14-27(3,4)23-16-18(7-12-22(23)26)15-21(17-24(30-5)31-6)19-8-10-20(11-9-19)25(28)29/h7-12,15-16,24H,13-14,17H2,1-6H3,(H,28,29)/b21-15-. The average molecular weight is 423 g/mol. The van der Waals surface area contributed by atoms with Gasteiger partial charge in [-0.3, -0.25) is 0 Å². The largest absolute Gasteiger partial charge is 0.478 e. The molecule has 4 heteroatoms. The van der Waals surface area contributed by atoms with E-state index in [1.807, 2.05) is 12.1 Å². The van der Waals surface area contributed by atoms with E-state index in [0.717, 1.165) is 16.7 Å². The Hall–Kier alpha value is -2.43. The Balaban J connectivity index is 2.07. The normalized spacial score (nSPS) is 17.5. The molecule has 0 aliphatic heterocycles. The molecule has 0 bridgehead atoms. The number of hydrogen-bond acceptors (Lipinski definition) is 3. The molecule has 0 atom stereocenters. The van der Waals surface area contributed by atoms with Gasteiger partial charge in [0, 0.05) is 20.6 Å².